The fourth-order valence-electron chi connectivity index (χ4n) is 8.56. The highest BCUT2D eigenvalue weighted by Gasteiger charge is 2.43. The molecule has 0 radical (unpaired) electrons. The second kappa shape index (κ2) is 40.0. The number of amides is 1. The van der Waals surface area contributed by atoms with Gasteiger partial charge in [-0.3, -0.25) is 4.79 Å². The van der Waals surface area contributed by atoms with Crippen LogP contribution in [0.5, 0.6) is 0 Å². The molecule has 3 unspecified atom stereocenters. The Balaban J connectivity index is 2.23. The number of rotatable bonds is 43. The van der Waals surface area contributed by atoms with Gasteiger partial charge >= 0.3 is 0 Å². The minimum Gasteiger partial charge on any atom is -0.390 e. The molecule has 8 atom stereocenters. The van der Waals surface area contributed by atoms with E-state index in [4.69, 9.17) is 9.47 Å². The van der Waals surface area contributed by atoms with Crippen LogP contribution in [0.2, 0.25) is 0 Å². The summed E-state index contributed by atoms with van der Waals surface area (Å²) in [5.41, 5.74) is 0. The first kappa shape index (κ1) is 56.2. The minimum absolute atomic E-state index is 0.215. The van der Waals surface area contributed by atoms with Crippen LogP contribution in [0.4, 0.5) is 0 Å². The molecule has 1 saturated heterocycles. The average molecular weight is 842 g/mol. The van der Waals surface area contributed by atoms with Crippen molar-refractivity contribution in [2.45, 2.75) is 307 Å². The maximum Gasteiger partial charge on any atom is 0.220 e. The minimum atomic E-state index is -1.49. The van der Waals surface area contributed by atoms with Gasteiger partial charge in [-0.15, -0.1) is 0 Å². The van der Waals surface area contributed by atoms with Crippen molar-refractivity contribution < 1.29 is 39.8 Å². The van der Waals surface area contributed by atoms with E-state index in [0.29, 0.717) is 12.8 Å². The van der Waals surface area contributed by atoms with Crippen molar-refractivity contribution >= 4 is 5.91 Å². The third-order valence-electron chi connectivity index (χ3n) is 12.8. The maximum atomic E-state index is 13.0. The lowest BCUT2D eigenvalue weighted by atomic mass is 9.98. The highest BCUT2D eigenvalue weighted by Crippen LogP contribution is 2.23. The number of hydrogen-bond donors (Lipinski definition) is 6. The third kappa shape index (κ3) is 30.8. The van der Waals surface area contributed by atoms with Gasteiger partial charge in [-0.25, -0.2) is 0 Å². The molecule has 1 aliphatic rings. The zero-order valence-corrected chi connectivity index (χ0v) is 38.9. The largest absolute Gasteiger partial charge is 0.390 e. The lowest BCUT2D eigenvalue weighted by Gasteiger charge is -2.39. The van der Waals surface area contributed by atoms with E-state index in [2.05, 4.69) is 19.2 Å². The predicted octanol–water partition coefficient (Wildman–Crippen LogP) is 11.5. The van der Waals surface area contributed by atoms with Crippen LogP contribution in [-0.4, -0.2) is 87.0 Å². The Morgan fingerprint density at radius 2 is 0.847 bits per heavy atom. The molecule has 352 valence electrons. The summed E-state index contributed by atoms with van der Waals surface area (Å²) in [7, 11) is 0. The molecule has 0 spiro atoms. The van der Waals surface area contributed by atoms with Gasteiger partial charge in [-0.1, -0.05) is 232 Å². The normalized spacial score (nSPS) is 21.1. The SMILES string of the molecule is CCCCCCCCCCCCCCCCCCCCCCCCCC(=O)N[C@@H](CO[C@@H]1OC(C)[C@@H](O)C(O)C1O)[C@H](O)[C@H](O)CCCCCCCCCCCCCC. The monoisotopic (exact) mass is 842 g/mol. The van der Waals surface area contributed by atoms with Crippen LogP contribution in [0.1, 0.15) is 258 Å². The average Bonchev–Trinajstić information content (AvgIpc) is 3.23. The van der Waals surface area contributed by atoms with Crippen molar-refractivity contribution in [1.82, 2.24) is 5.32 Å². The highest BCUT2D eigenvalue weighted by molar-refractivity contribution is 5.76. The van der Waals surface area contributed by atoms with Gasteiger partial charge in [-0.05, 0) is 19.8 Å². The Morgan fingerprint density at radius 3 is 1.22 bits per heavy atom. The summed E-state index contributed by atoms with van der Waals surface area (Å²) < 4.78 is 11.3. The van der Waals surface area contributed by atoms with E-state index in [-0.39, 0.29) is 12.5 Å². The molecule has 1 aliphatic heterocycles. The summed E-state index contributed by atoms with van der Waals surface area (Å²) in [5.74, 6) is -0.215. The van der Waals surface area contributed by atoms with Crippen LogP contribution in [0.3, 0.4) is 0 Å². The van der Waals surface area contributed by atoms with Crippen LogP contribution in [0.15, 0.2) is 0 Å². The van der Waals surface area contributed by atoms with Gasteiger partial charge in [0.2, 0.25) is 5.91 Å². The van der Waals surface area contributed by atoms with E-state index in [0.717, 1.165) is 38.5 Å². The van der Waals surface area contributed by atoms with Crippen molar-refractivity contribution in [3.8, 4) is 0 Å². The van der Waals surface area contributed by atoms with E-state index in [1.807, 2.05) is 0 Å². The van der Waals surface area contributed by atoms with Crippen molar-refractivity contribution in [3.05, 3.63) is 0 Å². The van der Waals surface area contributed by atoms with Crippen LogP contribution in [0, 0.1) is 0 Å². The van der Waals surface area contributed by atoms with Crippen molar-refractivity contribution in [2.75, 3.05) is 6.61 Å². The summed E-state index contributed by atoms with van der Waals surface area (Å²) >= 11 is 0. The Hall–Kier alpha value is -0.810. The topological polar surface area (TPSA) is 149 Å². The van der Waals surface area contributed by atoms with Gasteiger partial charge in [0.05, 0.1) is 24.9 Å². The number of nitrogens with one attached hydrogen (secondary N) is 1. The Morgan fingerprint density at radius 1 is 0.508 bits per heavy atom. The van der Waals surface area contributed by atoms with Gasteiger partial charge in [0.1, 0.15) is 24.4 Å². The molecule has 59 heavy (non-hydrogen) atoms. The molecule has 0 aromatic heterocycles. The van der Waals surface area contributed by atoms with Crippen LogP contribution in [-0.2, 0) is 14.3 Å². The molecule has 1 fully saturated rings. The summed E-state index contributed by atoms with van der Waals surface area (Å²) in [6, 6.07) is -0.922. The second-order valence-corrected chi connectivity index (χ2v) is 18.5. The van der Waals surface area contributed by atoms with E-state index in [9.17, 15) is 30.3 Å². The molecular formula is C50H99NO8. The van der Waals surface area contributed by atoms with Crippen molar-refractivity contribution in [3.63, 3.8) is 0 Å². The molecular weight excluding hydrogens is 743 g/mol. The standard InChI is InChI=1S/C50H99NO8/c1-4-6-8-10-12-14-16-18-19-20-21-22-23-24-25-26-27-28-30-32-34-36-38-40-45(53)51-43(41-58-50-49(57)48(56)46(54)42(3)59-50)47(55)44(52)39-37-35-33-31-29-17-15-13-11-9-7-5-2/h42-44,46-50,52,54-57H,4-41H2,1-3H3,(H,51,53)/t42?,43-,44+,46+,47-,48?,49?,50+/m0/s1. The fraction of sp³-hybridized carbons (Fsp3) is 0.980. The Labute approximate surface area is 364 Å². The molecule has 9 nitrogen and oxygen atoms in total. The number of carbonyl (C=O) groups is 1. The molecule has 0 aromatic rings. The molecule has 1 amide bonds. The quantitative estimate of drug-likeness (QED) is 0.0332. The molecule has 6 N–H and O–H groups in total. The van der Waals surface area contributed by atoms with Crippen LogP contribution in [0.25, 0.3) is 0 Å². The van der Waals surface area contributed by atoms with Crippen LogP contribution < -0.4 is 5.32 Å². The molecule has 0 aliphatic carbocycles. The van der Waals surface area contributed by atoms with Gasteiger partial charge in [-0.2, -0.15) is 0 Å². The van der Waals surface area contributed by atoms with Gasteiger partial charge in [0, 0.05) is 6.42 Å². The third-order valence-corrected chi connectivity index (χ3v) is 12.8. The molecule has 1 rings (SSSR count). The first-order valence-corrected chi connectivity index (χ1v) is 25.7. The first-order chi connectivity index (χ1) is 28.7. The summed E-state index contributed by atoms with van der Waals surface area (Å²) in [6.07, 6.45) is 37.1. The van der Waals surface area contributed by atoms with Gasteiger partial charge in [0.25, 0.3) is 0 Å². The lowest BCUT2D eigenvalue weighted by Crippen LogP contribution is -2.58. The molecule has 0 saturated carbocycles. The second-order valence-electron chi connectivity index (χ2n) is 18.5. The summed E-state index contributed by atoms with van der Waals surface area (Å²) in [4.78, 5) is 13.0. The number of aliphatic hydroxyl groups excluding tert-OH is 5. The van der Waals surface area contributed by atoms with E-state index in [1.165, 1.54) is 186 Å². The van der Waals surface area contributed by atoms with Crippen molar-refractivity contribution in [2.24, 2.45) is 0 Å². The molecule has 1 heterocycles. The summed E-state index contributed by atoms with van der Waals surface area (Å²) in [6.45, 7) is 5.88. The maximum absolute atomic E-state index is 13.0. The zero-order chi connectivity index (χ0) is 43.2. The van der Waals surface area contributed by atoms with E-state index in [1.54, 1.807) is 6.92 Å². The lowest BCUT2D eigenvalue weighted by molar-refractivity contribution is -0.295. The highest BCUT2D eigenvalue weighted by atomic mass is 16.7. The number of hydrogen-bond acceptors (Lipinski definition) is 8. The van der Waals surface area contributed by atoms with Gasteiger partial charge in [0.15, 0.2) is 6.29 Å². The van der Waals surface area contributed by atoms with E-state index >= 15 is 0 Å². The van der Waals surface area contributed by atoms with Crippen molar-refractivity contribution in [1.29, 1.82) is 0 Å². The smallest absolute Gasteiger partial charge is 0.220 e. The zero-order valence-electron chi connectivity index (χ0n) is 38.9. The van der Waals surface area contributed by atoms with Gasteiger partial charge < -0.3 is 40.3 Å². The molecule has 9 heteroatoms. The number of ether oxygens (including phenoxy) is 2. The first-order valence-electron chi connectivity index (χ1n) is 25.7. The fourth-order valence-corrected chi connectivity index (χ4v) is 8.56. The Kier molecular flexibility index (Phi) is 38.1. The molecule has 0 bridgehead atoms. The number of aliphatic hydroxyl groups is 5. The van der Waals surface area contributed by atoms with Crippen LogP contribution >= 0.6 is 0 Å². The molecule has 0 aromatic carbocycles. The predicted molar refractivity (Wildman–Crippen MR) is 244 cm³/mol. The number of unbranched alkanes of at least 4 members (excludes halogenated alkanes) is 33. The Bertz CT molecular complexity index is 910. The number of carbonyl (C=O) groups excluding carboxylic acids is 1. The summed E-state index contributed by atoms with van der Waals surface area (Å²) in [5, 5.41) is 55.7. The van der Waals surface area contributed by atoms with E-state index < -0.39 is 49.0 Å².